The summed E-state index contributed by atoms with van der Waals surface area (Å²) in [4.78, 5) is 11.5. The zero-order chi connectivity index (χ0) is 15.5. The summed E-state index contributed by atoms with van der Waals surface area (Å²) in [6.07, 6.45) is 4.48. The molecule has 116 valence electrons. The highest BCUT2D eigenvalue weighted by molar-refractivity contribution is 9.10. The molecule has 1 aromatic rings. The second kappa shape index (κ2) is 6.89. The van der Waals surface area contributed by atoms with Crippen LogP contribution >= 0.6 is 15.9 Å². The molecule has 0 saturated heterocycles. The fraction of sp³-hybridized carbons (Fsp3) is 0.500. The van der Waals surface area contributed by atoms with Crippen molar-refractivity contribution in [3.63, 3.8) is 0 Å². The van der Waals surface area contributed by atoms with Gasteiger partial charge in [0.1, 0.15) is 6.04 Å². The average Bonchev–Trinajstić information content (AvgIpc) is 2.45. The average molecular weight is 376 g/mol. The highest BCUT2D eigenvalue weighted by Crippen LogP contribution is 2.27. The van der Waals surface area contributed by atoms with Gasteiger partial charge in [0.2, 0.25) is 10.0 Å². The third kappa shape index (κ3) is 4.28. The van der Waals surface area contributed by atoms with Crippen molar-refractivity contribution < 1.29 is 18.3 Å². The number of carbonyl (C=O) groups is 1. The summed E-state index contributed by atoms with van der Waals surface area (Å²) in [5.74, 6) is -1.25. The van der Waals surface area contributed by atoms with Crippen molar-refractivity contribution in [1.29, 1.82) is 0 Å². The van der Waals surface area contributed by atoms with Gasteiger partial charge >= 0.3 is 5.97 Å². The van der Waals surface area contributed by atoms with Crippen LogP contribution in [0.2, 0.25) is 0 Å². The summed E-state index contributed by atoms with van der Waals surface area (Å²) >= 11 is 3.22. The van der Waals surface area contributed by atoms with Gasteiger partial charge in [-0.1, -0.05) is 41.3 Å². The Morgan fingerprint density at radius 2 is 1.95 bits per heavy atom. The maximum atomic E-state index is 12.3. The third-order valence-electron chi connectivity index (χ3n) is 3.78. The van der Waals surface area contributed by atoms with E-state index in [2.05, 4.69) is 20.7 Å². The molecule has 1 saturated carbocycles. The van der Waals surface area contributed by atoms with Crippen molar-refractivity contribution in [3.05, 3.63) is 28.7 Å². The second-order valence-electron chi connectivity index (χ2n) is 5.29. The molecule has 1 unspecified atom stereocenters. The Hall–Kier alpha value is -0.920. The maximum absolute atomic E-state index is 12.3. The van der Waals surface area contributed by atoms with Crippen molar-refractivity contribution in [2.24, 2.45) is 5.92 Å². The molecule has 5 nitrogen and oxygen atoms in total. The smallest absolute Gasteiger partial charge is 0.322 e. The topological polar surface area (TPSA) is 83.5 Å². The normalized spacial score (nSPS) is 18.3. The van der Waals surface area contributed by atoms with Gasteiger partial charge in [-0.15, -0.1) is 0 Å². The van der Waals surface area contributed by atoms with E-state index in [0.29, 0.717) is 4.47 Å². The Morgan fingerprint density at radius 1 is 1.29 bits per heavy atom. The number of rotatable bonds is 5. The highest BCUT2D eigenvalue weighted by Gasteiger charge is 2.33. The molecule has 2 N–H and O–H groups in total. The number of aliphatic carboxylic acids is 1. The lowest BCUT2D eigenvalue weighted by atomic mass is 9.84. The SMILES string of the molecule is O=C(O)C(NS(=O)(=O)c1cccc(Br)c1)C1CCCCC1. The van der Waals surface area contributed by atoms with Gasteiger partial charge < -0.3 is 5.11 Å². The van der Waals surface area contributed by atoms with E-state index in [1.54, 1.807) is 12.1 Å². The number of hydrogen-bond donors (Lipinski definition) is 2. The molecule has 1 atom stereocenters. The number of halogens is 1. The predicted molar refractivity (Wildman–Crippen MR) is 82.5 cm³/mol. The molecule has 0 spiro atoms. The van der Waals surface area contributed by atoms with E-state index in [-0.39, 0.29) is 10.8 Å². The molecule has 0 aliphatic heterocycles. The number of nitrogens with one attached hydrogen (secondary N) is 1. The van der Waals surface area contributed by atoms with Gasteiger partial charge in [-0.3, -0.25) is 4.79 Å². The summed E-state index contributed by atoms with van der Waals surface area (Å²) in [5, 5.41) is 9.35. The summed E-state index contributed by atoms with van der Waals surface area (Å²) in [6, 6.07) is 5.17. The van der Waals surface area contributed by atoms with Crippen molar-refractivity contribution in [3.8, 4) is 0 Å². The molecule has 1 aromatic carbocycles. The number of hydrogen-bond acceptors (Lipinski definition) is 3. The minimum Gasteiger partial charge on any atom is -0.480 e. The predicted octanol–water partition coefficient (Wildman–Crippen LogP) is 2.76. The zero-order valence-corrected chi connectivity index (χ0v) is 13.9. The van der Waals surface area contributed by atoms with Gasteiger partial charge in [0.25, 0.3) is 0 Å². The van der Waals surface area contributed by atoms with Crippen LogP contribution in [0.5, 0.6) is 0 Å². The first-order valence-electron chi connectivity index (χ1n) is 6.91. The molecular weight excluding hydrogens is 358 g/mol. The van der Waals surface area contributed by atoms with Crippen LogP contribution in [0, 0.1) is 5.92 Å². The van der Waals surface area contributed by atoms with E-state index in [4.69, 9.17) is 0 Å². The molecule has 0 bridgehead atoms. The molecule has 0 radical (unpaired) electrons. The van der Waals surface area contributed by atoms with Crippen molar-refractivity contribution in [2.75, 3.05) is 0 Å². The molecular formula is C14H18BrNO4S. The fourth-order valence-corrected chi connectivity index (χ4v) is 4.54. The van der Waals surface area contributed by atoms with E-state index >= 15 is 0 Å². The summed E-state index contributed by atoms with van der Waals surface area (Å²) in [7, 11) is -3.84. The summed E-state index contributed by atoms with van der Waals surface area (Å²) in [6.45, 7) is 0. The molecule has 7 heteroatoms. The molecule has 2 rings (SSSR count). The maximum Gasteiger partial charge on any atom is 0.322 e. The lowest BCUT2D eigenvalue weighted by Crippen LogP contribution is -2.46. The number of carboxylic acid groups (broad SMARTS) is 1. The van der Waals surface area contributed by atoms with Crippen LogP contribution in [0.3, 0.4) is 0 Å². The molecule has 0 aromatic heterocycles. The second-order valence-corrected chi connectivity index (χ2v) is 7.92. The quantitative estimate of drug-likeness (QED) is 0.828. The number of sulfonamides is 1. The van der Waals surface area contributed by atoms with Crippen molar-refractivity contribution in [2.45, 2.75) is 43.0 Å². The lowest BCUT2D eigenvalue weighted by Gasteiger charge is -2.27. The first-order chi connectivity index (χ1) is 9.90. The summed E-state index contributed by atoms with van der Waals surface area (Å²) in [5.41, 5.74) is 0. The van der Waals surface area contributed by atoms with E-state index in [1.165, 1.54) is 12.1 Å². The largest absolute Gasteiger partial charge is 0.480 e. The Balaban J connectivity index is 2.21. The van der Waals surface area contributed by atoms with Crippen LogP contribution in [-0.2, 0) is 14.8 Å². The van der Waals surface area contributed by atoms with E-state index < -0.39 is 22.0 Å². The molecule has 0 heterocycles. The highest BCUT2D eigenvalue weighted by atomic mass is 79.9. The van der Waals surface area contributed by atoms with E-state index in [0.717, 1.165) is 32.1 Å². The van der Waals surface area contributed by atoms with Crippen LogP contribution in [-0.4, -0.2) is 25.5 Å². The Labute approximate surface area is 132 Å². The van der Waals surface area contributed by atoms with Crippen LogP contribution in [0.4, 0.5) is 0 Å². The fourth-order valence-electron chi connectivity index (χ4n) is 2.69. The number of benzene rings is 1. The molecule has 0 amide bonds. The monoisotopic (exact) mass is 375 g/mol. The van der Waals surface area contributed by atoms with Crippen LogP contribution in [0.25, 0.3) is 0 Å². The lowest BCUT2D eigenvalue weighted by molar-refractivity contribution is -0.140. The van der Waals surface area contributed by atoms with Gasteiger partial charge in [-0.05, 0) is 37.0 Å². The standard InChI is InChI=1S/C14H18BrNO4S/c15-11-7-4-8-12(9-11)21(19,20)16-13(14(17)18)10-5-2-1-3-6-10/h4,7-10,13,16H,1-3,5-6H2,(H,17,18). The number of carboxylic acids is 1. The van der Waals surface area contributed by atoms with Gasteiger partial charge in [0, 0.05) is 4.47 Å². The molecule has 1 aliphatic rings. The van der Waals surface area contributed by atoms with Gasteiger partial charge in [-0.2, -0.15) is 4.72 Å². The Kier molecular flexibility index (Phi) is 5.40. The van der Waals surface area contributed by atoms with Gasteiger partial charge in [0.05, 0.1) is 4.90 Å². The van der Waals surface area contributed by atoms with Crippen LogP contribution in [0.15, 0.2) is 33.6 Å². The van der Waals surface area contributed by atoms with Crippen LogP contribution < -0.4 is 4.72 Å². The first-order valence-corrected chi connectivity index (χ1v) is 9.18. The molecule has 1 aliphatic carbocycles. The van der Waals surface area contributed by atoms with Crippen molar-refractivity contribution >= 4 is 31.9 Å². The van der Waals surface area contributed by atoms with Gasteiger partial charge in [0.15, 0.2) is 0 Å². The van der Waals surface area contributed by atoms with E-state index in [9.17, 15) is 18.3 Å². The van der Waals surface area contributed by atoms with Gasteiger partial charge in [-0.25, -0.2) is 8.42 Å². The zero-order valence-electron chi connectivity index (χ0n) is 11.5. The summed E-state index contributed by atoms with van der Waals surface area (Å²) < 4.78 is 27.7. The molecule has 21 heavy (non-hydrogen) atoms. The Morgan fingerprint density at radius 3 is 2.52 bits per heavy atom. The minimum absolute atomic E-state index is 0.0685. The minimum atomic E-state index is -3.84. The van der Waals surface area contributed by atoms with Crippen LogP contribution in [0.1, 0.15) is 32.1 Å². The first kappa shape index (κ1) is 16.5. The Bertz CT molecular complexity index is 611. The molecule has 1 fully saturated rings. The van der Waals surface area contributed by atoms with E-state index in [1.807, 2.05) is 0 Å². The van der Waals surface area contributed by atoms with Crippen molar-refractivity contribution in [1.82, 2.24) is 4.72 Å². The third-order valence-corrected chi connectivity index (χ3v) is 5.71.